The first-order valence-corrected chi connectivity index (χ1v) is 6.91. The van der Waals surface area contributed by atoms with Crippen molar-refractivity contribution in [2.75, 3.05) is 7.11 Å². The number of rotatable bonds is 4. The first kappa shape index (κ1) is 13.4. The monoisotopic (exact) mass is 279 g/mol. The number of ether oxygens (including phenoxy) is 1. The summed E-state index contributed by atoms with van der Waals surface area (Å²) < 4.78 is 7.29. The number of ketones is 1. The Morgan fingerprint density at radius 2 is 1.95 bits per heavy atom. The van der Waals surface area contributed by atoms with Gasteiger partial charge < -0.3 is 9.30 Å². The van der Waals surface area contributed by atoms with E-state index in [4.69, 9.17) is 4.74 Å². The van der Waals surface area contributed by atoms with Gasteiger partial charge in [0.25, 0.3) is 0 Å². The van der Waals surface area contributed by atoms with Crippen LogP contribution < -0.4 is 4.74 Å². The van der Waals surface area contributed by atoms with Crippen LogP contribution in [0, 0.1) is 6.92 Å². The van der Waals surface area contributed by atoms with E-state index in [1.54, 1.807) is 7.11 Å². The summed E-state index contributed by atoms with van der Waals surface area (Å²) in [4.78, 5) is 12.5. The Morgan fingerprint density at radius 1 is 1.14 bits per heavy atom. The Hall–Kier alpha value is -2.55. The summed E-state index contributed by atoms with van der Waals surface area (Å²) in [6.45, 7) is 2.29. The van der Waals surface area contributed by atoms with Crippen molar-refractivity contribution in [3.63, 3.8) is 0 Å². The molecule has 3 nitrogen and oxygen atoms in total. The first-order valence-electron chi connectivity index (χ1n) is 6.91. The lowest BCUT2D eigenvalue weighted by molar-refractivity contribution is 0.0970. The highest BCUT2D eigenvalue weighted by atomic mass is 16.5. The van der Waals surface area contributed by atoms with E-state index >= 15 is 0 Å². The molecular weight excluding hydrogens is 262 g/mol. The lowest BCUT2D eigenvalue weighted by Crippen LogP contribution is -2.11. The second-order valence-corrected chi connectivity index (χ2v) is 5.13. The van der Waals surface area contributed by atoms with E-state index in [0.29, 0.717) is 17.9 Å². The van der Waals surface area contributed by atoms with Crippen molar-refractivity contribution < 1.29 is 9.53 Å². The molecule has 0 bridgehead atoms. The number of para-hydroxylation sites is 1. The Morgan fingerprint density at radius 3 is 2.76 bits per heavy atom. The van der Waals surface area contributed by atoms with Crippen molar-refractivity contribution in [3.8, 4) is 5.75 Å². The van der Waals surface area contributed by atoms with Gasteiger partial charge in [-0.15, -0.1) is 0 Å². The maximum atomic E-state index is 12.5. The van der Waals surface area contributed by atoms with Crippen LogP contribution in [-0.4, -0.2) is 17.5 Å². The van der Waals surface area contributed by atoms with Gasteiger partial charge in [-0.25, -0.2) is 0 Å². The summed E-state index contributed by atoms with van der Waals surface area (Å²) in [6, 6.07) is 15.7. The molecule has 1 heterocycles. The summed E-state index contributed by atoms with van der Waals surface area (Å²) in [5.74, 6) is 0.685. The molecule has 0 saturated carbocycles. The van der Waals surface area contributed by atoms with E-state index < -0.39 is 0 Å². The second-order valence-electron chi connectivity index (χ2n) is 5.13. The lowest BCUT2D eigenvalue weighted by Gasteiger charge is -2.10. The van der Waals surface area contributed by atoms with E-state index in [-0.39, 0.29) is 5.78 Å². The van der Waals surface area contributed by atoms with Gasteiger partial charge >= 0.3 is 0 Å². The maximum absolute atomic E-state index is 12.5. The SMILES string of the molecule is COc1cc(C)ccc1C(=O)Cn1ccc2ccccc21. The fraction of sp³-hybridized carbons (Fsp3) is 0.167. The highest BCUT2D eigenvalue weighted by Gasteiger charge is 2.13. The van der Waals surface area contributed by atoms with Crippen LogP contribution in [-0.2, 0) is 6.54 Å². The Labute approximate surface area is 123 Å². The van der Waals surface area contributed by atoms with Crippen molar-refractivity contribution in [2.24, 2.45) is 0 Å². The van der Waals surface area contributed by atoms with E-state index in [1.165, 1.54) is 0 Å². The molecule has 1 aromatic heterocycles. The van der Waals surface area contributed by atoms with Crippen LogP contribution in [0.5, 0.6) is 5.75 Å². The Bertz CT molecular complexity index is 802. The van der Waals surface area contributed by atoms with E-state index in [9.17, 15) is 4.79 Å². The van der Waals surface area contributed by atoms with E-state index in [1.807, 2.05) is 66.2 Å². The number of hydrogen-bond donors (Lipinski definition) is 0. The standard InChI is InChI=1S/C18H17NO2/c1-13-7-8-15(18(11-13)21-2)17(20)12-19-10-9-14-5-3-4-6-16(14)19/h3-11H,12H2,1-2H3. The quantitative estimate of drug-likeness (QED) is 0.679. The number of aryl methyl sites for hydroxylation is 1. The third-order valence-electron chi connectivity index (χ3n) is 3.65. The number of hydrogen-bond acceptors (Lipinski definition) is 2. The van der Waals surface area contributed by atoms with Gasteiger partial charge in [-0.1, -0.05) is 24.3 Å². The van der Waals surface area contributed by atoms with Crippen molar-refractivity contribution in [1.29, 1.82) is 0 Å². The number of benzene rings is 2. The fourth-order valence-electron chi connectivity index (χ4n) is 2.55. The molecule has 0 spiro atoms. The van der Waals surface area contributed by atoms with Gasteiger partial charge in [-0.2, -0.15) is 0 Å². The van der Waals surface area contributed by atoms with Crippen molar-refractivity contribution >= 4 is 16.7 Å². The second kappa shape index (κ2) is 5.44. The fourth-order valence-corrected chi connectivity index (χ4v) is 2.55. The van der Waals surface area contributed by atoms with Crippen LogP contribution in [0.3, 0.4) is 0 Å². The van der Waals surface area contributed by atoms with Crippen LogP contribution >= 0.6 is 0 Å². The summed E-state index contributed by atoms with van der Waals surface area (Å²) in [5, 5.41) is 1.14. The molecule has 0 aliphatic carbocycles. The zero-order chi connectivity index (χ0) is 14.8. The molecule has 0 unspecified atom stereocenters. The van der Waals surface area contributed by atoms with E-state index in [0.717, 1.165) is 16.5 Å². The van der Waals surface area contributed by atoms with Gasteiger partial charge in [0.15, 0.2) is 5.78 Å². The Balaban J connectivity index is 1.93. The van der Waals surface area contributed by atoms with Crippen molar-refractivity contribution in [3.05, 3.63) is 65.9 Å². The van der Waals surface area contributed by atoms with Crippen LogP contribution in [0.2, 0.25) is 0 Å². The number of aromatic nitrogens is 1. The largest absolute Gasteiger partial charge is 0.496 e. The normalized spacial score (nSPS) is 10.8. The van der Waals surface area contributed by atoms with Gasteiger partial charge in [-0.3, -0.25) is 4.79 Å². The third kappa shape index (κ3) is 2.55. The van der Waals surface area contributed by atoms with Gasteiger partial charge in [-0.05, 0) is 42.1 Å². The highest BCUT2D eigenvalue weighted by Crippen LogP contribution is 2.22. The van der Waals surface area contributed by atoms with Gasteiger partial charge in [0.1, 0.15) is 5.75 Å². The average Bonchev–Trinajstić information content (AvgIpc) is 2.90. The average molecular weight is 279 g/mol. The smallest absolute Gasteiger partial charge is 0.186 e. The molecule has 3 rings (SSSR count). The molecule has 0 aliphatic heterocycles. The summed E-state index contributed by atoms with van der Waals surface area (Å²) in [7, 11) is 1.59. The zero-order valence-electron chi connectivity index (χ0n) is 12.2. The summed E-state index contributed by atoms with van der Waals surface area (Å²) in [5.41, 5.74) is 2.77. The molecule has 0 radical (unpaired) electrons. The maximum Gasteiger partial charge on any atom is 0.186 e. The number of fused-ring (bicyclic) bond motifs is 1. The molecule has 21 heavy (non-hydrogen) atoms. The zero-order valence-corrected chi connectivity index (χ0v) is 12.2. The predicted octanol–water partition coefficient (Wildman–Crippen LogP) is 3.84. The number of nitrogens with zero attached hydrogens (tertiary/aromatic N) is 1. The third-order valence-corrected chi connectivity index (χ3v) is 3.65. The highest BCUT2D eigenvalue weighted by molar-refractivity contribution is 5.99. The van der Waals surface area contributed by atoms with Crippen LogP contribution in [0.4, 0.5) is 0 Å². The minimum Gasteiger partial charge on any atom is -0.496 e. The van der Waals surface area contributed by atoms with Gasteiger partial charge in [0, 0.05) is 11.7 Å². The molecule has 0 atom stereocenters. The molecule has 0 saturated heterocycles. The topological polar surface area (TPSA) is 31.2 Å². The first-order chi connectivity index (χ1) is 10.2. The molecule has 3 heteroatoms. The summed E-state index contributed by atoms with van der Waals surface area (Å²) in [6.07, 6.45) is 1.95. The van der Waals surface area contributed by atoms with E-state index in [2.05, 4.69) is 0 Å². The van der Waals surface area contributed by atoms with Crippen molar-refractivity contribution in [1.82, 2.24) is 4.57 Å². The molecule has 2 aromatic carbocycles. The number of Topliss-reactive ketones (excluding diaryl/α,β-unsaturated/α-hetero) is 1. The lowest BCUT2D eigenvalue weighted by atomic mass is 10.1. The molecular formula is C18H17NO2. The summed E-state index contributed by atoms with van der Waals surface area (Å²) >= 11 is 0. The molecule has 0 fully saturated rings. The van der Waals surface area contributed by atoms with Gasteiger partial charge in [0.05, 0.1) is 19.2 Å². The Kier molecular flexibility index (Phi) is 3.48. The van der Waals surface area contributed by atoms with Gasteiger partial charge in [0.2, 0.25) is 0 Å². The number of carbonyl (C=O) groups excluding carboxylic acids is 1. The number of carbonyl (C=O) groups is 1. The minimum atomic E-state index is 0.0493. The van der Waals surface area contributed by atoms with Crippen LogP contribution in [0.1, 0.15) is 15.9 Å². The minimum absolute atomic E-state index is 0.0493. The molecule has 3 aromatic rings. The predicted molar refractivity (Wildman–Crippen MR) is 84.0 cm³/mol. The molecule has 0 amide bonds. The molecule has 106 valence electrons. The molecule has 0 N–H and O–H groups in total. The number of methoxy groups -OCH3 is 1. The molecule has 0 aliphatic rings. The van der Waals surface area contributed by atoms with Crippen molar-refractivity contribution in [2.45, 2.75) is 13.5 Å². The van der Waals surface area contributed by atoms with Crippen LogP contribution in [0.25, 0.3) is 10.9 Å². The van der Waals surface area contributed by atoms with Crippen LogP contribution in [0.15, 0.2) is 54.7 Å².